The van der Waals surface area contributed by atoms with E-state index in [1.54, 1.807) is 6.07 Å². The van der Waals surface area contributed by atoms with E-state index in [1.807, 2.05) is 60.7 Å². The highest BCUT2D eigenvalue weighted by molar-refractivity contribution is 7.87. The predicted molar refractivity (Wildman–Crippen MR) is 108 cm³/mol. The second-order valence-corrected chi connectivity index (χ2v) is 7.96. The standard InChI is InChI=1S/C21H15ClN2O3S/c22-17-11-13-19(14-12-17)28(25,26)27-21-15-20(16-7-3-1-4-8-16)23-24(21)18-9-5-2-6-10-18/h1-15H. The first-order valence-electron chi connectivity index (χ1n) is 8.44. The largest absolute Gasteiger partial charge is 0.358 e. The highest BCUT2D eigenvalue weighted by Gasteiger charge is 2.21. The molecule has 1 aromatic heterocycles. The summed E-state index contributed by atoms with van der Waals surface area (Å²) in [5.74, 6) is 0.0972. The van der Waals surface area contributed by atoms with Gasteiger partial charge in [-0.25, -0.2) is 0 Å². The van der Waals surface area contributed by atoms with Gasteiger partial charge in [0, 0.05) is 16.7 Å². The molecule has 1 heterocycles. The summed E-state index contributed by atoms with van der Waals surface area (Å²) in [7, 11) is -4.05. The minimum Gasteiger partial charge on any atom is -0.358 e. The third-order valence-electron chi connectivity index (χ3n) is 4.04. The Morgan fingerprint density at radius 1 is 0.821 bits per heavy atom. The summed E-state index contributed by atoms with van der Waals surface area (Å²) in [6.07, 6.45) is 0. The van der Waals surface area contributed by atoms with E-state index in [9.17, 15) is 8.42 Å². The number of aromatic nitrogens is 2. The maximum atomic E-state index is 12.7. The van der Waals surface area contributed by atoms with Crippen molar-refractivity contribution < 1.29 is 12.6 Å². The molecule has 140 valence electrons. The third kappa shape index (κ3) is 3.78. The molecule has 0 bridgehead atoms. The molecule has 0 radical (unpaired) electrons. The molecular weight excluding hydrogens is 396 g/mol. The van der Waals surface area contributed by atoms with Crippen LogP contribution in [0.15, 0.2) is 95.9 Å². The van der Waals surface area contributed by atoms with Crippen molar-refractivity contribution in [2.45, 2.75) is 4.90 Å². The molecule has 0 atom stereocenters. The van der Waals surface area contributed by atoms with Crippen molar-refractivity contribution in [2.75, 3.05) is 0 Å². The van der Waals surface area contributed by atoms with Crippen molar-refractivity contribution in [1.82, 2.24) is 9.78 Å². The van der Waals surface area contributed by atoms with Gasteiger partial charge < -0.3 is 4.18 Å². The molecule has 28 heavy (non-hydrogen) atoms. The van der Waals surface area contributed by atoms with Gasteiger partial charge in [0.05, 0.1) is 11.4 Å². The van der Waals surface area contributed by atoms with Gasteiger partial charge in [-0.15, -0.1) is 0 Å². The molecule has 0 unspecified atom stereocenters. The highest BCUT2D eigenvalue weighted by Crippen LogP contribution is 2.28. The molecule has 0 saturated heterocycles. The van der Waals surface area contributed by atoms with Crippen LogP contribution >= 0.6 is 11.6 Å². The second-order valence-electron chi connectivity index (χ2n) is 5.97. The van der Waals surface area contributed by atoms with E-state index in [0.29, 0.717) is 16.4 Å². The summed E-state index contributed by atoms with van der Waals surface area (Å²) in [5.41, 5.74) is 2.14. The lowest BCUT2D eigenvalue weighted by Crippen LogP contribution is -2.12. The molecule has 5 nitrogen and oxygen atoms in total. The van der Waals surface area contributed by atoms with E-state index in [1.165, 1.54) is 28.9 Å². The molecule has 0 fully saturated rings. The first kappa shape index (κ1) is 18.3. The van der Waals surface area contributed by atoms with E-state index < -0.39 is 10.1 Å². The molecule has 0 amide bonds. The van der Waals surface area contributed by atoms with Crippen molar-refractivity contribution in [3.05, 3.63) is 96.0 Å². The van der Waals surface area contributed by atoms with Crippen LogP contribution in [-0.2, 0) is 10.1 Å². The summed E-state index contributed by atoms with van der Waals surface area (Å²) < 4.78 is 32.4. The number of rotatable bonds is 5. The maximum Gasteiger partial charge on any atom is 0.340 e. The maximum absolute atomic E-state index is 12.7. The SMILES string of the molecule is O=S(=O)(Oc1cc(-c2ccccc2)nn1-c1ccccc1)c1ccc(Cl)cc1. The number of benzene rings is 3. The normalized spacial score (nSPS) is 11.3. The zero-order chi connectivity index (χ0) is 19.6. The molecule has 0 N–H and O–H groups in total. The van der Waals surface area contributed by atoms with Gasteiger partial charge in [-0.3, -0.25) is 0 Å². The Morgan fingerprint density at radius 2 is 1.43 bits per heavy atom. The minimum absolute atomic E-state index is 0.0129. The Bertz CT molecular complexity index is 1190. The molecule has 0 aliphatic carbocycles. The molecular formula is C21H15ClN2O3S. The van der Waals surface area contributed by atoms with Crippen LogP contribution in [0.3, 0.4) is 0 Å². The van der Waals surface area contributed by atoms with E-state index >= 15 is 0 Å². The van der Waals surface area contributed by atoms with Crippen LogP contribution in [0, 0.1) is 0 Å². The van der Waals surface area contributed by atoms with Gasteiger partial charge in [0.25, 0.3) is 0 Å². The average Bonchev–Trinajstić information content (AvgIpc) is 3.13. The van der Waals surface area contributed by atoms with Crippen LogP contribution in [0.5, 0.6) is 5.88 Å². The lowest BCUT2D eigenvalue weighted by atomic mass is 10.2. The van der Waals surface area contributed by atoms with Crippen molar-refractivity contribution in [3.63, 3.8) is 0 Å². The molecule has 0 saturated carbocycles. The number of para-hydroxylation sites is 1. The second kappa shape index (κ2) is 7.50. The van der Waals surface area contributed by atoms with E-state index in [2.05, 4.69) is 5.10 Å². The molecule has 0 aliphatic rings. The van der Waals surface area contributed by atoms with Crippen molar-refractivity contribution in [3.8, 4) is 22.8 Å². The number of hydrogen-bond acceptors (Lipinski definition) is 4. The van der Waals surface area contributed by atoms with E-state index in [-0.39, 0.29) is 10.8 Å². The molecule has 0 aliphatic heterocycles. The highest BCUT2D eigenvalue weighted by atomic mass is 35.5. The van der Waals surface area contributed by atoms with Gasteiger partial charge in [0.2, 0.25) is 5.88 Å². The summed E-state index contributed by atoms with van der Waals surface area (Å²) in [4.78, 5) is 0.0129. The summed E-state index contributed by atoms with van der Waals surface area (Å²) in [5, 5.41) is 4.99. The lowest BCUT2D eigenvalue weighted by Gasteiger charge is -2.09. The third-order valence-corrected chi connectivity index (χ3v) is 5.54. The van der Waals surface area contributed by atoms with Gasteiger partial charge in [-0.05, 0) is 36.4 Å². The lowest BCUT2D eigenvalue weighted by molar-refractivity contribution is 0.465. The first-order valence-corrected chi connectivity index (χ1v) is 10.2. The molecule has 4 rings (SSSR count). The summed E-state index contributed by atoms with van der Waals surface area (Å²) in [6, 6.07) is 26.1. The van der Waals surface area contributed by atoms with Crippen LogP contribution in [0.25, 0.3) is 16.9 Å². The summed E-state index contributed by atoms with van der Waals surface area (Å²) in [6.45, 7) is 0. The average molecular weight is 411 g/mol. The number of hydrogen-bond donors (Lipinski definition) is 0. The minimum atomic E-state index is -4.05. The van der Waals surface area contributed by atoms with Crippen LogP contribution in [0.2, 0.25) is 5.02 Å². The van der Waals surface area contributed by atoms with Gasteiger partial charge in [-0.1, -0.05) is 60.1 Å². The molecule has 0 spiro atoms. The monoisotopic (exact) mass is 410 g/mol. The molecule has 4 aromatic rings. The molecule has 7 heteroatoms. The summed E-state index contributed by atoms with van der Waals surface area (Å²) >= 11 is 5.85. The Balaban J connectivity index is 1.79. The van der Waals surface area contributed by atoms with Gasteiger partial charge in [-0.2, -0.15) is 18.2 Å². The fourth-order valence-electron chi connectivity index (χ4n) is 2.69. The Hall–Kier alpha value is -3.09. The zero-order valence-electron chi connectivity index (χ0n) is 14.6. The Kier molecular flexibility index (Phi) is 4.90. The number of halogens is 1. The van der Waals surface area contributed by atoms with Crippen molar-refractivity contribution in [2.24, 2.45) is 0 Å². The molecule has 3 aromatic carbocycles. The van der Waals surface area contributed by atoms with Gasteiger partial charge in [0.1, 0.15) is 4.90 Å². The van der Waals surface area contributed by atoms with Crippen LogP contribution in [0.4, 0.5) is 0 Å². The fourth-order valence-corrected chi connectivity index (χ4v) is 3.72. The van der Waals surface area contributed by atoms with Gasteiger partial charge >= 0.3 is 10.1 Å². The predicted octanol–water partition coefficient (Wildman–Crippen LogP) is 4.96. The zero-order valence-corrected chi connectivity index (χ0v) is 16.1. The fraction of sp³-hybridized carbons (Fsp3) is 0. The van der Waals surface area contributed by atoms with E-state index in [0.717, 1.165) is 5.56 Å². The smallest absolute Gasteiger partial charge is 0.340 e. The van der Waals surface area contributed by atoms with Crippen LogP contribution < -0.4 is 4.18 Å². The van der Waals surface area contributed by atoms with Crippen LogP contribution in [0.1, 0.15) is 0 Å². The Morgan fingerprint density at radius 3 is 2.07 bits per heavy atom. The number of nitrogens with zero attached hydrogens (tertiary/aromatic N) is 2. The van der Waals surface area contributed by atoms with Crippen molar-refractivity contribution >= 4 is 21.7 Å². The first-order chi connectivity index (χ1) is 13.5. The van der Waals surface area contributed by atoms with E-state index in [4.69, 9.17) is 15.8 Å². The van der Waals surface area contributed by atoms with Crippen LogP contribution in [-0.4, -0.2) is 18.2 Å². The van der Waals surface area contributed by atoms with Crippen molar-refractivity contribution in [1.29, 1.82) is 0 Å². The van der Waals surface area contributed by atoms with Gasteiger partial charge in [0.15, 0.2) is 0 Å². The topological polar surface area (TPSA) is 61.2 Å². The Labute approximate surface area is 167 Å². The quantitative estimate of drug-likeness (QED) is 0.436.